The topological polar surface area (TPSA) is 69.0 Å². The highest BCUT2D eigenvalue weighted by Gasteiger charge is 2.06. The molecule has 0 fully saturated rings. The van der Waals surface area contributed by atoms with Crippen LogP contribution in [-0.2, 0) is 16.1 Å². The Morgan fingerprint density at radius 1 is 1.56 bits per heavy atom. The second-order valence-electron chi connectivity index (χ2n) is 4.30. The first-order valence-electron chi connectivity index (χ1n) is 6.39. The van der Waals surface area contributed by atoms with E-state index in [4.69, 9.17) is 4.74 Å². The summed E-state index contributed by atoms with van der Waals surface area (Å²) in [7, 11) is 0. The highest BCUT2D eigenvalue weighted by atomic mass is 16.5. The fourth-order valence-electron chi connectivity index (χ4n) is 1.62. The van der Waals surface area contributed by atoms with Crippen molar-refractivity contribution < 1.29 is 9.53 Å². The Balaban J connectivity index is 2.18. The summed E-state index contributed by atoms with van der Waals surface area (Å²) in [6, 6.07) is 0.309. The van der Waals surface area contributed by atoms with E-state index >= 15 is 0 Å². The molecule has 0 amide bonds. The minimum Gasteiger partial charge on any atom is -0.466 e. The third-order valence-corrected chi connectivity index (χ3v) is 2.46. The second kappa shape index (κ2) is 7.81. The molecule has 6 heteroatoms. The zero-order valence-corrected chi connectivity index (χ0v) is 11.3. The summed E-state index contributed by atoms with van der Waals surface area (Å²) in [5.41, 5.74) is 0. The molecule has 1 N–H and O–H groups in total. The summed E-state index contributed by atoms with van der Waals surface area (Å²) in [5, 5.41) is 7.41. The van der Waals surface area contributed by atoms with Crippen LogP contribution in [0.15, 0.2) is 6.33 Å². The molecule has 0 aromatic carbocycles. The number of nitrogens with one attached hydrogen (secondary N) is 1. The van der Waals surface area contributed by atoms with E-state index < -0.39 is 0 Å². The average Bonchev–Trinajstić information content (AvgIpc) is 2.77. The van der Waals surface area contributed by atoms with Crippen LogP contribution in [0.5, 0.6) is 0 Å². The van der Waals surface area contributed by atoms with E-state index in [9.17, 15) is 4.79 Å². The number of hydrogen-bond acceptors (Lipinski definition) is 5. The van der Waals surface area contributed by atoms with Crippen molar-refractivity contribution in [1.82, 2.24) is 20.1 Å². The number of hydrogen-bond donors (Lipinski definition) is 1. The van der Waals surface area contributed by atoms with E-state index in [1.807, 2.05) is 11.6 Å². The van der Waals surface area contributed by atoms with Crippen molar-refractivity contribution in [3.05, 3.63) is 12.2 Å². The summed E-state index contributed by atoms with van der Waals surface area (Å²) in [4.78, 5) is 15.3. The number of nitrogens with zero attached hydrogens (tertiary/aromatic N) is 3. The van der Waals surface area contributed by atoms with Crippen molar-refractivity contribution in [1.29, 1.82) is 0 Å². The maximum Gasteiger partial charge on any atom is 0.305 e. The lowest BCUT2D eigenvalue weighted by Crippen LogP contribution is -2.20. The minimum absolute atomic E-state index is 0.135. The predicted octanol–water partition coefficient (Wildman–Crippen LogP) is 1.29. The van der Waals surface area contributed by atoms with Crippen molar-refractivity contribution in [3.8, 4) is 0 Å². The first-order valence-corrected chi connectivity index (χ1v) is 6.39. The summed E-state index contributed by atoms with van der Waals surface area (Å²) in [6.07, 6.45) is 2.79. The average molecular weight is 254 g/mol. The van der Waals surface area contributed by atoms with Crippen LogP contribution in [0.3, 0.4) is 0 Å². The van der Waals surface area contributed by atoms with Crippen LogP contribution in [0.1, 0.15) is 45.5 Å². The fraction of sp³-hybridized carbons (Fsp3) is 0.750. The van der Waals surface area contributed by atoms with Crippen molar-refractivity contribution >= 4 is 5.97 Å². The number of esters is 1. The van der Waals surface area contributed by atoms with Gasteiger partial charge in [-0.2, -0.15) is 5.10 Å². The molecule has 0 aliphatic rings. The number of ether oxygens (including phenoxy) is 1. The zero-order chi connectivity index (χ0) is 13.4. The van der Waals surface area contributed by atoms with Gasteiger partial charge in [-0.05, 0) is 33.7 Å². The molecule has 0 saturated carbocycles. The van der Waals surface area contributed by atoms with Gasteiger partial charge in [-0.25, -0.2) is 9.67 Å². The van der Waals surface area contributed by atoms with Gasteiger partial charge < -0.3 is 10.1 Å². The maximum absolute atomic E-state index is 11.1. The Hall–Kier alpha value is -1.43. The van der Waals surface area contributed by atoms with Crippen LogP contribution in [-0.4, -0.2) is 33.9 Å². The molecule has 18 heavy (non-hydrogen) atoms. The Kier molecular flexibility index (Phi) is 6.35. The maximum atomic E-state index is 11.1. The summed E-state index contributed by atoms with van der Waals surface area (Å²) < 4.78 is 6.74. The van der Waals surface area contributed by atoms with Gasteiger partial charge >= 0.3 is 5.97 Å². The molecule has 0 aliphatic heterocycles. The standard InChI is InChI=1S/C12H22N4O2/c1-4-18-12(17)6-5-7-13-8-11-14-9-15-16(11)10(2)3/h9-10,13H,4-8H2,1-3H3. The van der Waals surface area contributed by atoms with Gasteiger partial charge in [0.25, 0.3) is 0 Å². The second-order valence-corrected chi connectivity index (χ2v) is 4.30. The smallest absolute Gasteiger partial charge is 0.305 e. The highest BCUT2D eigenvalue weighted by molar-refractivity contribution is 5.69. The van der Waals surface area contributed by atoms with Crippen molar-refractivity contribution in [2.24, 2.45) is 0 Å². The van der Waals surface area contributed by atoms with E-state index in [2.05, 4.69) is 29.2 Å². The van der Waals surface area contributed by atoms with Crippen molar-refractivity contribution in [2.45, 2.75) is 46.2 Å². The largest absolute Gasteiger partial charge is 0.466 e. The molecule has 102 valence electrons. The number of carbonyl (C=O) groups is 1. The monoisotopic (exact) mass is 254 g/mol. The molecule has 1 aromatic heterocycles. The summed E-state index contributed by atoms with van der Waals surface area (Å²) in [6.45, 7) is 7.83. The molecular formula is C12H22N4O2. The van der Waals surface area contributed by atoms with Gasteiger partial charge in [0.05, 0.1) is 13.2 Å². The molecule has 0 saturated heterocycles. The molecule has 1 aromatic rings. The van der Waals surface area contributed by atoms with E-state index in [0.717, 1.165) is 18.8 Å². The van der Waals surface area contributed by atoms with Gasteiger partial charge in [0, 0.05) is 12.5 Å². The number of carbonyl (C=O) groups excluding carboxylic acids is 1. The zero-order valence-electron chi connectivity index (χ0n) is 11.3. The molecule has 0 atom stereocenters. The normalized spacial score (nSPS) is 10.9. The van der Waals surface area contributed by atoms with E-state index in [0.29, 0.717) is 25.6 Å². The van der Waals surface area contributed by atoms with Gasteiger partial charge in [0.1, 0.15) is 12.2 Å². The first kappa shape index (κ1) is 14.6. The Morgan fingerprint density at radius 3 is 3.00 bits per heavy atom. The Labute approximate surface area is 108 Å². The molecule has 0 bridgehead atoms. The van der Waals surface area contributed by atoms with Gasteiger partial charge in [-0.1, -0.05) is 0 Å². The number of rotatable bonds is 8. The molecule has 0 unspecified atom stereocenters. The third kappa shape index (κ3) is 4.83. The van der Waals surface area contributed by atoms with Crippen LogP contribution < -0.4 is 5.32 Å². The predicted molar refractivity (Wildman–Crippen MR) is 68.0 cm³/mol. The quantitative estimate of drug-likeness (QED) is 0.559. The minimum atomic E-state index is -0.135. The van der Waals surface area contributed by atoms with Gasteiger partial charge in [-0.15, -0.1) is 0 Å². The molecule has 1 rings (SSSR count). The van der Waals surface area contributed by atoms with E-state index in [1.54, 1.807) is 6.33 Å². The lowest BCUT2D eigenvalue weighted by molar-refractivity contribution is -0.143. The van der Waals surface area contributed by atoms with Crippen LogP contribution in [0, 0.1) is 0 Å². The van der Waals surface area contributed by atoms with Crippen molar-refractivity contribution in [2.75, 3.05) is 13.2 Å². The van der Waals surface area contributed by atoms with Crippen molar-refractivity contribution in [3.63, 3.8) is 0 Å². The molecule has 1 heterocycles. The molecular weight excluding hydrogens is 232 g/mol. The lowest BCUT2D eigenvalue weighted by atomic mass is 10.3. The van der Waals surface area contributed by atoms with Crippen LogP contribution in [0.25, 0.3) is 0 Å². The van der Waals surface area contributed by atoms with E-state index in [-0.39, 0.29) is 5.97 Å². The lowest BCUT2D eigenvalue weighted by Gasteiger charge is -2.09. The summed E-state index contributed by atoms with van der Waals surface area (Å²) in [5.74, 6) is 0.783. The highest BCUT2D eigenvalue weighted by Crippen LogP contribution is 2.04. The van der Waals surface area contributed by atoms with Gasteiger partial charge in [0.15, 0.2) is 0 Å². The SMILES string of the molecule is CCOC(=O)CCCNCc1ncnn1C(C)C. The fourth-order valence-corrected chi connectivity index (χ4v) is 1.62. The van der Waals surface area contributed by atoms with Gasteiger partial charge in [0.2, 0.25) is 0 Å². The molecule has 6 nitrogen and oxygen atoms in total. The Morgan fingerprint density at radius 2 is 2.33 bits per heavy atom. The first-order chi connectivity index (χ1) is 8.65. The van der Waals surface area contributed by atoms with Crippen LogP contribution in [0.2, 0.25) is 0 Å². The third-order valence-electron chi connectivity index (χ3n) is 2.46. The van der Waals surface area contributed by atoms with Crippen LogP contribution >= 0.6 is 0 Å². The Bertz CT molecular complexity index is 363. The van der Waals surface area contributed by atoms with E-state index in [1.165, 1.54) is 0 Å². The number of aromatic nitrogens is 3. The van der Waals surface area contributed by atoms with Gasteiger partial charge in [-0.3, -0.25) is 4.79 Å². The summed E-state index contributed by atoms with van der Waals surface area (Å²) >= 11 is 0. The molecule has 0 radical (unpaired) electrons. The van der Waals surface area contributed by atoms with Crippen LogP contribution in [0.4, 0.5) is 0 Å². The molecule has 0 aliphatic carbocycles. The molecule has 0 spiro atoms.